The number of hydrogen-bond donors (Lipinski definition) is 2. The molecule has 5 nitrogen and oxygen atoms in total. The van der Waals surface area contributed by atoms with Crippen LogP contribution in [-0.2, 0) is 0 Å². The van der Waals surface area contributed by atoms with Gasteiger partial charge in [-0.1, -0.05) is 12.0 Å². The summed E-state index contributed by atoms with van der Waals surface area (Å²) >= 11 is 0. The van der Waals surface area contributed by atoms with Crippen molar-refractivity contribution in [3.8, 4) is 29.4 Å². The van der Waals surface area contributed by atoms with E-state index in [1.165, 1.54) is 6.33 Å². The van der Waals surface area contributed by atoms with Crippen molar-refractivity contribution in [1.82, 2.24) is 15.0 Å². The number of aromatic nitrogens is 3. The Morgan fingerprint density at radius 3 is 2.73 bits per heavy atom. The number of phenols is 1. The molecular weight excluding hydrogens is 276 g/mol. The average molecular weight is 290 g/mol. The van der Waals surface area contributed by atoms with Gasteiger partial charge in [0.15, 0.2) is 0 Å². The van der Waals surface area contributed by atoms with E-state index < -0.39 is 0 Å². The molecule has 0 atom stereocenters. The summed E-state index contributed by atoms with van der Waals surface area (Å²) in [5, 5.41) is 10.7. The Morgan fingerprint density at radius 1 is 1.23 bits per heavy atom. The first-order valence-electron chi connectivity index (χ1n) is 6.70. The van der Waals surface area contributed by atoms with Crippen LogP contribution in [-0.4, -0.2) is 20.1 Å². The van der Waals surface area contributed by atoms with Crippen molar-refractivity contribution in [3.05, 3.63) is 41.3 Å². The maximum atomic E-state index is 10.0. The first-order valence-corrected chi connectivity index (χ1v) is 6.70. The Morgan fingerprint density at radius 2 is 2.00 bits per heavy atom. The molecule has 0 aliphatic carbocycles. The number of benzene rings is 1. The van der Waals surface area contributed by atoms with Crippen molar-refractivity contribution < 1.29 is 5.11 Å². The van der Waals surface area contributed by atoms with Gasteiger partial charge >= 0.3 is 0 Å². The second kappa shape index (κ2) is 5.01. The fourth-order valence-electron chi connectivity index (χ4n) is 2.53. The summed E-state index contributed by atoms with van der Waals surface area (Å²) in [4.78, 5) is 12.8. The summed E-state index contributed by atoms with van der Waals surface area (Å²) in [5.41, 5.74) is 10.1. The Bertz CT molecular complexity index is 942. The smallest absolute Gasteiger partial charge is 0.134 e. The lowest BCUT2D eigenvalue weighted by Gasteiger charge is -2.13. The molecule has 1 aromatic carbocycles. The van der Waals surface area contributed by atoms with Crippen LogP contribution in [0.4, 0.5) is 5.82 Å². The summed E-state index contributed by atoms with van der Waals surface area (Å²) in [6, 6.07) is 5.19. The summed E-state index contributed by atoms with van der Waals surface area (Å²) in [5.74, 6) is 3.07. The number of nitrogens with two attached hydrogens (primary N) is 1. The topological polar surface area (TPSA) is 84.9 Å². The molecule has 0 fully saturated rings. The van der Waals surface area contributed by atoms with E-state index in [1.807, 2.05) is 19.9 Å². The lowest BCUT2D eigenvalue weighted by atomic mass is 9.97. The number of aromatic hydroxyl groups is 1. The highest BCUT2D eigenvalue weighted by Crippen LogP contribution is 2.35. The van der Waals surface area contributed by atoms with E-state index in [-0.39, 0.29) is 5.75 Å². The van der Waals surface area contributed by atoms with Crippen LogP contribution < -0.4 is 5.73 Å². The second-order valence-electron chi connectivity index (χ2n) is 5.06. The van der Waals surface area contributed by atoms with Gasteiger partial charge in [-0.25, -0.2) is 15.0 Å². The summed E-state index contributed by atoms with van der Waals surface area (Å²) < 4.78 is 0. The van der Waals surface area contributed by atoms with Crippen LogP contribution in [0.1, 0.15) is 16.8 Å². The molecule has 108 valence electrons. The average Bonchev–Trinajstić information content (AvgIpc) is 2.52. The molecule has 0 aliphatic rings. The molecule has 2 heterocycles. The van der Waals surface area contributed by atoms with Crippen LogP contribution >= 0.6 is 0 Å². The predicted molar refractivity (Wildman–Crippen MR) is 86.3 cm³/mol. The largest absolute Gasteiger partial charge is 0.508 e. The van der Waals surface area contributed by atoms with Crippen molar-refractivity contribution in [2.45, 2.75) is 13.8 Å². The molecular formula is C17H14N4O. The van der Waals surface area contributed by atoms with Crippen molar-refractivity contribution in [2.24, 2.45) is 0 Å². The highest BCUT2D eigenvalue weighted by molar-refractivity contribution is 5.98. The maximum absolute atomic E-state index is 10.0. The van der Waals surface area contributed by atoms with Gasteiger partial charge in [0, 0.05) is 16.5 Å². The number of nitrogen functional groups attached to an aromatic ring is 1. The third-order valence-electron chi connectivity index (χ3n) is 3.68. The van der Waals surface area contributed by atoms with Crippen LogP contribution in [0.3, 0.4) is 0 Å². The molecule has 3 N–H and O–H groups in total. The summed E-state index contributed by atoms with van der Waals surface area (Å²) in [7, 11) is 0. The van der Waals surface area contributed by atoms with Gasteiger partial charge in [0.2, 0.25) is 0 Å². The zero-order valence-corrected chi connectivity index (χ0v) is 12.3. The molecule has 0 aliphatic heterocycles. The Hall–Kier alpha value is -3.13. The van der Waals surface area contributed by atoms with E-state index in [9.17, 15) is 5.11 Å². The van der Waals surface area contributed by atoms with Crippen LogP contribution in [0.2, 0.25) is 0 Å². The minimum Gasteiger partial charge on any atom is -0.508 e. The summed E-state index contributed by atoms with van der Waals surface area (Å²) in [6.45, 7) is 3.78. The van der Waals surface area contributed by atoms with E-state index >= 15 is 0 Å². The lowest BCUT2D eigenvalue weighted by Crippen LogP contribution is -2.00. The number of phenolic OH excluding ortho intramolecular Hbond substituents is 1. The third kappa shape index (κ3) is 2.02. The molecule has 2 aromatic heterocycles. The number of fused-ring (bicyclic) bond motifs is 1. The first kappa shape index (κ1) is 13.8. The van der Waals surface area contributed by atoms with Gasteiger partial charge in [0.1, 0.15) is 29.1 Å². The normalized spacial score (nSPS) is 10.6. The maximum Gasteiger partial charge on any atom is 0.134 e. The zero-order chi connectivity index (χ0) is 15.9. The van der Waals surface area contributed by atoms with E-state index in [2.05, 4.69) is 20.9 Å². The number of aryl methyl sites for hydroxylation is 1. The molecule has 0 saturated carbocycles. The molecule has 0 unspecified atom stereocenters. The standard InChI is InChI=1S/C17H14N4O/c1-4-11-7-12-15(19-8-20-17(12)18)16(21-11)14-9(2)5-6-13(22)10(14)3/h1,5-8,22H,2-3H3,(H2,18,19,20). The van der Waals surface area contributed by atoms with Crippen LogP contribution in [0.5, 0.6) is 5.75 Å². The van der Waals surface area contributed by atoms with Crippen molar-refractivity contribution in [3.63, 3.8) is 0 Å². The second-order valence-corrected chi connectivity index (χ2v) is 5.06. The van der Waals surface area contributed by atoms with E-state index in [4.69, 9.17) is 12.2 Å². The van der Waals surface area contributed by atoms with E-state index in [0.717, 1.165) is 16.7 Å². The highest BCUT2D eigenvalue weighted by Gasteiger charge is 2.17. The van der Waals surface area contributed by atoms with Crippen molar-refractivity contribution in [1.29, 1.82) is 0 Å². The van der Waals surface area contributed by atoms with Gasteiger partial charge in [-0.2, -0.15) is 0 Å². The van der Waals surface area contributed by atoms with Gasteiger partial charge in [-0.3, -0.25) is 0 Å². The summed E-state index contributed by atoms with van der Waals surface area (Å²) in [6.07, 6.45) is 6.90. The SMILES string of the molecule is C#Cc1cc2c(N)ncnc2c(-c2c(C)ccc(O)c2C)n1. The van der Waals surface area contributed by atoms with Gasteiger partial charge in [-0.15, -0.1) is 6.42 Å². The Balaban J connectivity index is 2.49. The molecule has 0 saturated heterocycles. The fraction of sp³-hybridized carbons (Fsp3) is 0.118. The molecule has 3 aromatic rings. The van der Waals surface area contributed by atoms with Crippen LogP contribution in [0.25, 0.3) is 22.2 Å². The number of rotatable bonds is 1. The number of nitrogens with zero attached hydrogens (tertiary/aromatic N) is 3. The quantitative estimate of drug-likeness (QED) is 0.673. The zero-order valence-electron chi connectivity index (χ0n) is 12.3. The molecule has 0 radical (unpaired) electrons. The van der Waals surface area contributed by atoms with Crippen LogP contribution in [0.15, 0.2) is 24.5 Å². The minimum absolute atomic E-state index is 0.198. The number of terminal acetylenes is 1. The molecule has 0 spiro atoms. The third-order valence-corrected chi connectivity index (χ3v) is 3.68. The molecule has 0 bridgehead atoms. The fourth-order valence-corrected chi connectivity index (χ4v) is 2.53. The van der Waals surface area contributed by atoms with Crippen LogP contribution in [0, 0.1) is 26.2 Å². The van der Waals surface area contributed by atoms with Gasteiger partial charge in [-0.05, 0) is 31.5 Å². The molecule has 3 rings (SSSR count). The van der Waals surface area contributed by atoms with Crippen molar-refractivity contribution >= 4 is 16.7 Å². The Labute approximate surface area is 127 Å². The lowest BCUT2D eigenvalue weighted by molar-refractivity contribution is 0.471. The predicted octanol–water partition coefficient (Wildman–Crippen LogP) is 2.58. The first-order chi connectivity index (χ1) is 10.5. The molecule has 22 heavy (non-hydrogen) atoms. The van der Waals surface area contributed by atoms with Crippen molar-refractivity contribution in [2.75, 3.05) is 5.73 Å². The number of hydrogen-bond acceptors (Lipinski definition) is 5. The van der Waals surface area contributed by atoms with Gasteiger partial charge in [0.05, 0.1) is 5.69 Å². The monoisotopic (exact) mass is 290 g/mol. The van der Waals surface area contributed by atoms with Gasteiger partial charge < -0.3 is 10.8 Å². The minimum atomic E-state index is 0.198. The molecule has 5 heteroatoms. The van der Waals surface area contributed by atoms with E-state index in [0.29, 0.717) is 28.1 Å². The number of pyridine rings is 1. The Kier molecular flexibility index (Phi) is 3.15. The number of anilines is 1. The van der Waals surface area contributed by atoms with Gasteiger partial charge in [0.25, 0.3) is 0 Å². The molecule has 0 amide bonds. The highest BCUT2D eigenvalue weighted by atomic mass is 16.3. The van der Waals surface area contributed by atoms with E-state index in [1.54, 1.807) is 12.1 Å².